The van der Waals surface area contributed by atoms with E-state index >= 15 is 0 Å². The lowest BCUT2D eigenvalue weighted by Crippen LogP contribution is -2.76. The maximum absolute atomic E-state index is 9.15. The van der Waals surface area contributed by atoms with Crippen LogP contribution < -0.4 is 37.3 Å². The summed E-state index contributed by atoms with van der Waals surface area (Å²) in [6.07, 6.45) is 1.52. The molecule has 3 nitrogen and oxygen atoms in total. The Morgan fingerprint density at radius 1 is 0.556 bits per heavy atom. The molecule has 0 saturated heterocycles. The first-order valence-corrected chi connectivity index (χ1v) is 18.2. The third-order valence-corrected chi connectivity index (χ3v) is 11.4. The Kier molecular flexibility index (Phi) is 5.47. The molecule has 0 fully saturated rings. The predicted molar refractivity (Wildman–Crippen MR) is 230 cm³/mol. The largest absolute Gasteiger partial charge is 0.437 e. The second-order valence-corrected chi connectivity index (χ2v) is 14.7. The average molecular weight is 712 g/mol. The van der Waals surface area contributed by atoms with Crippen LogP contribution in [0.15, 0.2) is 114 Å². The highest BCUT2D eigenvalue weighted by Gasteiger charge is 2.41. The van der Waals surface area contributed by atoms with Gasteiger partial charge in [0.05, 0.1) is 5.56 Å². The molecule has 1 aliphatic heterocycles. The quantitative estimate of drug-likeness (QED) is 0.146. The standard InChI is InChI=1S/C49H45B2N2O/c1-28-20-22-36-37-23-21-35(8)52-49(37)54-48(36)45(28)44-26-39(34(7)27-53(44)9)38-25-43-42(24-33(38)6)50(46-29(2)14-12-15-30(46)3)40-18-10-11-19-41(40)51(43)47-31(4)16-13-17-32(47)5/h10-27H,1-9H3/q+1/i2D3,4D3,6D3,7D3. The van der Waals surface area contributed by atoms with Gasteiger partial charge in [0, 0.05) is 44.5 Å². The summed E-state index contributed by atoms with van der Waals surface area (Å²) in [5.41, 5.74) is 8.85. The van der Waals surface area contributed by atoms with Crippen molar-refractivity contribution >= 4 is 68.3 Å². The SMILES string of the molecule is [2H]C([2H])([2H])c1cc2c(cc1-c1cc(-c3c(C)ccc4c3oc3nc(C)ccc34)[n+](C)cc1C([2H])([2H])[2H])B(c1c(C)cccc1C([2H])([2H])[2H])c1ccccc1B2c1c(C)cccc1C([2H])([2H])[2H]. The maximum Gasteiger partial charge on any atom is 0.240 e. The van der Waals surface area contributed by atoms with Crippen LogP contribution in [-0.2, 0) is 7.05 Å². The molecule has 5 heteroatoms. The molecular formula is C49H45B2N2O+. The molecule has 0 atom stereocenters. The van der Waals surface area contributed by atoms with Gasteiger partial charge in [-0.25, -0.2) is 9.55 Å². The summed E-state index contributed by atoms with van der Waals surface area (Å²) in [4.78, 5) is 4.64. The summed E-state index contributed by atoms with van der Waals surface area (Å²) < 4.78 is 115. The lowest BCUT2D eigenvalue weighted by Gasteiger charge is -2.35. The van der Waals surface area contributed by atoms with Gasteiger partial charge in [-0.3, -0.25) is 0 Å². The van der Waals surface area contributed by atoms with Gasteiger partial charge in [-0.15, -0.1) is 0 Å². The normalized spacial score (nSPS) is 16.7. The zero-order valence-corrected chi connectivity index (χ0v) is 30.8. The third-order valence-electron chi connectivity index (χ3n) is 11.4. The van der Waals surface area contributed by atoms with E-state index in [0.29, 0.717) is 66.5 Å². The second-order valence-electron chi connectivity index (χ2n) is 14.7. The molecule has 0 saturated carbocycles. The van der Waals surface area contributed by atoms with Gasteiger partial charge in [-0.05, 0) is 89.5 Å². The minimum atomic E-state index is -2.82. The summed E-state index contributed by atoms with van der Waals surface area (Å²) in [5, 5.41) is 1.61. The molecule has 3 aromatic heterocycles. The van der Waals surface area contributed by atoms with E-state index in [-0.39, 0.29) is 33.4 Å². The number of hydrogen-bond donors (Lipinski definition) is 0. The van der Waals surface area contributed by atoms with Gasteiger partial charge in [-0.2, -0.15) is 0 Å². The zero-order chi connectivity index (χ0) is 47.6. The van der Waals surface area contributed by atoms with Crippen molar-refractivity contribution in [2.75, 3.05) is 0 Å². The number of aromatic nitrogens is 2. The van der Waals surface area contributed by atoms with Crippen molar-refractivity contribution in [2.24, 2.45) is 7.05 Å². The molecule has 54 heavy (non-hydrogen) atoms. The summed E-state index contributed by atoms with van der Waals surface area (Å²) in [7, 11) is 1.74. The van der Waals surface area contributed by atoms with E-state index in [2.05, 4.69) is 4.98 Å². The molecule has 9 rings (SSSR count). The van der Waals surface area contributed by atoms with E-state index in [1.165, 1.54) is 6.20 Å². The third kappa shape index (κ3) is 5.20. The van der Waals surface area contributed by atoms with Crippen LogP contribution in [0.3, 0.4) is 0 Å². The minimum absolute atomic E-state index is 0.0992. The summed E-state index contributed by atoms with van der Waals surface area (Å²) in [6.45, 7) is -4.79. The van der Waals surface area contributed by atoms with E-state index < -0.39 is 40.8 Å². The molecule has 0 amide bonds. The first kappa shape index (κ1) is 23.2. The highest BCUT2D eigenvalue weighted by Crippen LogP contribution is 2.38. The number of pyridine rings is 2. The van der Waals surface area contributed by atoms with Crippen LogP contribution in [0.1, 0.15) is 61.1 Å². The van der Waals surface area contributed by atoms with Gasteiger partial charge >= 0.3 is 0 Å². The van der Waals surface area contributed by atoms with Crippen molar-refractivity contribution < 1.29 is 25.4 Å². The molecule has 5 aromatic carbocycles. The van der Waals surface area contributed by atoms with Gasteiger partial charge in [-0.1, -0.05) is 140 Å². The molecule has 0 radical (unpaired) electrons. The monoisotopic (exact) mass is 711 g/mol. The molecule has 8 aromatic rings. The summed E-state index contributed by atoms with van der Waals surface area (Å²) in [5.74, 6) is 0. The average Bonchev–Trinajstić information content (AvgIpc) is 3.59. The van der Waals surface area contributed by atoms with Crippen LogP contribution in [0.5, 0.6) is 0 Å². The molecule has 0 unspecified atom stereocenters. The molecule has 0 spiro atoms. The highest BCUT2D eigenvalue weighted by molar-refractivity contribution is 7.11. The van der Waals surface area contributed by atoms with E-state index in [0.717, 1.165) is 22.0 Å². The van der Waals surface area contributed by atoms with Crippen molar-refractivity contribution in [1.29, 1.82) is 0 Å². The van der Waals surface area contributed by atoms with Crippen molar-refractivity contribution in [1.82, 2.24) is 4.98 Å². The fraction of sp³-hybridized carbons (Fsp3) is 0.184. The van der Waals surface area contributed by atoms with Crippen LogP contribution in [0.2, 0.25) is 0 Å². The minimum Gasteiger partial charge on any atom is -0.437 e. The lowest BCUT2D eigenvalue weighted by atomic mass is 9.20. The van der Waals surface area contributed by atoms with Crippen LogP contribution in [-0.4, -0.2) is 18.4 Å². The zero-order valence-electron chi connectivity index (χ0n) is 42.8. The van der Waals surface area contributed by atoms with Crippen molar-refractivity contribution in [3.05, 3.63) is 154 Å². The van der Waals surface area contributed by atoms with Crippen molar-refractivity contribution in [2.45, 2.75) is 55.1 Å². The molecule has 262 valence electrons. The first-order valence-electron chi connectivity index (χ1n) is 24.2. The molecular weight excluding hydrogens is 654 g/mol. The Hall–Kier alpha value is -5.67. The number of hydrogen-bond acceptors (Lipinski definition) is 2. The van der Waals surface area contributed by atoms with Gasteiger partial charge in [0.25, 0.3) is 0 Å². The Morgan fingerprint density at radius 3 is 1.80 bits per heavy atom. The van der Waals surface area contributed by atoms with E-state index in [1.54, 1.807) is 54.1 Å². The smallest absolute Gasteiger partial charge is 0.240 e. The number of rotatable bonds is 4. The maximum atomic E-state index is 9.15. The molecule has 4 heterocycles. The second kappa shape index (κ2) is 12.7. The Balaban J connectivity index is 1.45. The van der Waals surface area contributed by atoms with Crippen LogP contribution in [0.4, 0.5) is 0 Å². The molecule has 0 bridgehead atoms. The molecule has 1 aliphatic rings. The Bertz CT molecular complexity index is 3290. The van der Waals surface area contributed by atoms with Crippen molar-refractivity contribution in [3.8, 4) is 22.4 Å². The predicted octanol–water partition coefficient (Wildman–Crippen LogP) is 6.95. The highest BCUT2D eigenvalue weighted by atomic mass is 16.3. The number of furan rings is 1. The number of fused-ring (bicyclic) bond motifs is 5. The summed E-state index contributed by atoms with van der Waals surface area (Å²) in [6, 6.07) is 30.6. The van der Waals surface area contributed by atoms with Crippen molar-refractivity contribution in [3.63, 3.8) is 0 Å². The Labute approximate surface area is 336 Å². The van der Waals surface area contributed by atoms with Crippen LogP contribution >= 0.6 is 0 Å². The van der Waals surface area contributed by atoms with E-state index in [9.17, 15) is 0 Å². The molecule has 0 N–H and O–H groups in total. The van der Waals surface area contributed by atoms with Crippen LogP contribution in [0, 0.1) is 55.1 Å². The van der Waals surface area contributed by atoms with Gasteiger partial charge in [0.15, 0.2) is 11.8 Å². The van der Waals surface area contributed by atoms with E-state index in [1.807, 2.05) is 88.4 Å². The fourth-order valence-corrected chi connectivity index (χ4v) is 8.83. The number of nitrogens with zero attached hydrogens (tertiary/aromatic N) is 2. The van der Waals surface area contributed by atoms with Gasteiger partial charge < -0.3 is 4.42 Å². The Morgan fingerprint density at radius 2 is 1.15 bits per heavy atom. The molecule has 0 aliphatic carbocycles. The first-order chi connectivity index (χ1) is 30.9. The van der Waals surface area contributed by atoms with Gasteiger partial charge in [0.1, 0.15) is 7.05 Å². The van der Waals surface area contributed by atoms with Crippen LogP contribution in [0.25, 0.3) is 44.5 Å². The van der Waals surface area contributed by atoms with E-state index in [4.69, 9.17) is 20.9 Å². The fourth-order valence-electron chi connectivity index (χ4n) is 8.83. The lowest BCUT2D eigenvalue weighted by molar-refractivity contribution is -0.660. The number of aryl methyl sites for hydroxylation is 9. The summed E-state index contributed by atoms with van der Waals surface area (Å²) >= 11 is 0. The number of benzene rings is 5. The topological polar surface area (TPSA) is 29.9 Å². The van der Waals surface area contributed by atoms with Gasteiger partial charge in [0.2, 0.25) is 24.8 Å².